The van der Waals surface area contributed by atoms with E-state index in [1.54, 1.807) is 0 Å². The number of benzene rings is 1. The second-order valence-electron chi connectivity index (χ2n) is 2.92. The lowest BCUT2D eigenvalue weighted by Crippen LogP contribution is -2.06. The van der Waals surface area contributed by atoms with E-state index in [2.05, 4.69) is 17.1 Å². The van der Waals surface area contributed by atoms with E-state index in [1.807, 2.05) is 0 Å². The molecule has 0 N–H and O–H groups in total. The Bertz CT molecular complexity index is 368. The molecule has 0 saturated heterocycles. The maximum absolute atomic E-state index is 13.3. The first-order chi connectivity index (χ1) is 7.10. The Kier molecular flexibility index (Phi) is 4.11. The summed E-state index contributed by atoms with van der Waals surface area (Å²) in [5.74, 6) is -3.19. The van der Waals surface area contributed by atoms with Gasteiger partial charge in [0.25, 0.3) is 0 Å². The van der Waals surface area contributed by atoms with Crippen molar-refractivity contribution in [2.24, 2.45) is 0 Å². The quantitative estimate of drug-likeness (QED) is 0.438. The first kappa shape index (κ1) is 12.0. The molecule has 0 amide bonds. The van der Waals surface area contributed by atoms with E-state index < -0.39 is 23.6 Å². The first-order valence-corrected chi connectivity index (χ1v) is 4.58. The van der Waals surface area contributed by atoms with Gasteiger partial charge in [-0.25, -0.2) is 13.2 Å². The maximum atomic E-state index is 13.3. The Morgan fingerprint density at radius 2 is 2.07 bits per heavy atom. The molecule has 1 aromatic rings. The fourth-order valence-corrected chi connectivity index (χ4v) is 1.42. The van der Waals surface area contributed by atoms with E-state index in [0.29, 0.717) is 6.07 Å². The molecule has 0 aromatic heterocycles. The molecule has 79 valence electrons. The van der Waals surface area contributed by atoms with Crippen LogP contribution in [0.15, 0.2) is 24.8 Å². The molecule has 1 rings (SSSR count). The van der Waals surface area contributed by atoms with Crippen molar-refractivity contribution >= 4 is 10.5 Å². The van der Waals surface area contributed by atoms with Crippen LogP contribution in [0.2, 0.25) is 0 Å². The molecule has 5 heteroatoms. The van der Waals surface area contributed by atoms with Gasteiger partial charge < -0.3 is 4.43 Å². The third-order valence-corrected chi connectivity index (χ3v) is 2.18. The number of rotatable bonds is 4. The van der Waals surface area contributed by atoms with Crippen LogP contribution >= 0.6 is 0 Å². The summed E-state index contributed by atoms with van der Waals surface area (Å²) in [7, 11) is 2.73. The van der Waals surface area contributed by atoms with E-state index in [0.717, 1.165) is 6.07 Å². The molecule has 1 unspecified atom stereocenters. The Morgan fingerprint density at radius 3 is 2.60 bits per heavy atom. The Labute approximate surface area is 89.1 Å². The molecule has 0 spiro atoms. The summed E-state index contributed by atoms with van der Waals surface area (Å²) in [6.07, 6.45) is 0.903. The van der Waals surface area contributed by atoms with Gasteiger partial charge in [0.15, 0.2) is 11.6 Å². The molecular weight excluding hydrogens is 221 g/mol. The number of hydrogen-bond acceptors (Lipinski definition) is 1. The van der Waals surface area contributed by atoms with Crippen molar-refractivity contribution in [3.05, 3.63) is 47.8 Å². The largest absolute Gasteiger partial charge is 0.411 e. The van der Waals surface area contributed by atoms with Gasteiger partial charge in [0.1, 0.15) is 5.82 Å². The Hall–Kier alpha value is -1.07. The molecule has 0 aliphatic rings. The molecular formula is C10H8F3OSi. The second-order valence-corrected chi connectivity index (χ2v) is 3.16. The molecule has 1 aromatic carbocycles. The molecule has 0 aliphatic carbocycles. The van der Waals surface area contributed by atoms with Crippen LogP contribution in [0.4, 0.5) is 13.2 Å². The van der Waals surface area contributed by atoms with Crippen molar-refractivity contribution in [3.8, 4) is 0 Å². The van der Waals surface area contributed by atoms with Gasteiger partial charge in [-0.2, -0.15) is 0 Å². The number of halogens is 3. The van der Waals surface area contributed by atoms with Gasteiger partial charge in [-0.3, -0.25) is 0 Å². The van der Waals surface area contributed by atoms with Crippen LogP contribution in [-0.4, -0.2) is 10.5 Å². The summed E-state index contributed by atoms with van der Waals surface area (Å²) in [5, 5.41) is 0. The first-order valence-electron chi connectivity index (χ1n) is 4.17. The van der Waals surface area contributed by atoms with Crippen LogP contribution < -0.4 is 0 Å². The standard InChI is InChI=1S/C10H8F3OSi/c1-2-3-9(14-15)7-4-6(11)5-8(12)10(7)13/h2,4-5,9H,1,3H2. The van der Waals surface area contributed by atoms with Gasteiger partial charge >= 0.3 is 0 Å². The summed E-state index contributed by atoms with van der Waals surface area (Å²) in [4.78, 5) is 0. The van der Waals surface area contributed by atoms with Crippen molar-refractivity contribution in [1.82, 2.24) is 0 Å². The van der Waals surface area contributed by atoms with E-state index in [4.69, 9.17) is 4.43 Å². The number of hydrogen-bond donors (Lipinski definition) is 0. The van der Waals surface area contributed by atoms with E-state index in [-0.39, 0.29) is 12.0 Å². The summed E-state index contributed by atoms with van der Waals surface area (Å²) in [5.41, 5.74) is -0.178. The van der Waals surface area contributed by atoms with Gasteiger partial charge in [0.2, 0.25) is 10.5 Å². The monoisotopic (exact) mass is 229 g/mol. The van der Waals surface area contributed by atoms with E-state index in [9.17, 15) is 13.2 Å². The van der Waals surface area contributed by atoms with E-state index >= 15 is 0 Å². The van der Waals surface area contributed by atoms with Crippen LogP contribution in [0.5, 0.6) is 0 Å². The Morgan fingerprint density at radius 1 is 1.40 bits per heavy atom. The lowest BCUT2D eigenvalue weighted by atomic mass is 10.1. The zero-order chi connectivity index (χ0) is 11.4. The molecule has 0 aliphatic heterocycles. The maximum Gasteiger partial charge on any atom is 0.247 e. The van der Waals surface area contributed by atoms with Crippen LogP contribution in [0.1, 0.15) is 18.1 Å². The average Bonchev–Trinajstić information content (AvgIpc) is 2.20. The lowest BCUT2D eigenvalue weighted by Gasteiger charge is -2.15. The minimum Gasteiger partial charge on any atom is -0.411 e. The van der Waals surface area contributed by atoms with Crippen molar-refractivity contribution < 1.29 is 17.6 Å². The van der Waals surface area contributed by atoms with Crippen LogP contribution in [0.3, 0.4) is 0 Å². The molecule has 0 fully saturated rings. The summed E-state index contributed by atoms with van der Waals surface area (Å²) < 4.78 is 43.7. The summed E-state index contributed by atoms with van der Waals surface area (Å²) in [6.45, 7) is 3.44. The lowest BCUT2D eigenvalue weighted by molar-refractivity contribution is 0.222. The normalized spacial score (nSPS) is 12.5. The minimum atomic E-state index is -1.23. The minimum absolute atomic E-state index is 0.178. The van der Waals surface area contributed by atoms with Crippen molar-refractivity contribution in [1.29, 1.82) is 0 Å². The summed E-state index contributed by atoms with van der Waals surface area (Å²) in [6, 6.07) is 1.38. The van der Waals surface area contributed by atoms with Gasteiger partial charge in [-0.05, 0) is 12.5 Å². The molecule has 1 atom stereocenters. The van der Waals surface area contributed by atoms with Crippen molar-refractivity contribution in [2.75, 3.05) is 0 Å². The second kappa shape index (κ2) is 5.13. The Balaban J connectivity index is 3.15. The van der Waals surface area contributed by atoms with Crippen molar-refractivity contribution in [2.45, 2.75) is 12.5 Å². The van der Waals surface area contributed by atoms with Crippen LogP contribution in [0, 0.1) is 17.5 Å². The SMILES string of the molecule is C=CCC(O[Si])c1cc(F)cc(F)c1F. The highest BCUT2D eigenvalue weighted by Crippen LogP contribution is 2.25. The highest BCUT2D eigenvalue weighted by Gasteiger charge is 2.18. The highest BCUT2D eigenvalue weighted by molar-refractivity contribution is 5.98. The fourth-order valence-electron chi connectivity index (χ4n) is 1.20. The van der Waals surface area contributed by atoms with Gasteiger partial charge in [0, 0.05) is 11.6 Å². The molecule has 0 heterocycles. The predicted octanol–water partition coefficient (Wildman–Crippen LogP) is 2.82. The fraction of sp³-hybridized carbons (Fsp3) is 0.200. The van der Waals surface area contributed by atoms with Crippen LogP contribution in [-0.2, 0) is 4.43 Å². The highest BCUT2D eigenvalue weighted by atomic mass is 28.2. The molecule has 0 saturated carbocycles. The zero-order valence-corrected chi connectivity index (χ0v) is 8.77. The molecule has 3 radical (unpaired) electrons. The molecule has 1 nitrogen and oxygen atoms in total. The smallest absolute Gasteiger partial charge is 0.247 e. The predicted molar refractivity (Wildman–Crippen MR) is 50.7 cm³/mol. The third-order valence-electron chi connectivity index (χ3n) is 1.89. The average molecular weight is 229 g/mol. The van der Waals surface area contributed by atoms with Crippen LogP contribution in [0.25, 0.3) is 0 Å². The topological polar surface area (TPSA) is 9.23 Å². The summed E-state index contributed by atoms with van der Waals surface area (Å²) >= 11 is 0. The molecule has 0 bridgehead atoms. The van der Waals surface area contributed by atoms with Crippen molar-refractivity contribution in [3.63, 3.8) is 0 Å². The van der Waals surface area contributed by atoms with E-state index in [1.165, 1.54) is 6.08 Å². The molecule has 15 heavy (non-hydrogen) atoms. The zero-order valence-electron chi connectivity index (χ0n) is 7.77. The van der Waals surface area contributed by atoms with Gasteiger partial charge in [-0.15, -0.1) is 6.58 Å². The van der Waals surface area contributed by atoms with Gasteiger partial charge in [-0.1, -0.05) is 6.08 Å². The third kappa shape index (κ3) is 2.70. The van der Waals surface area contributed by atoms with Gasteiger partial charge in [0.05, 0.1) is 6.10 Å².